The monoisotopic (exact) mass is 268 g/mol. The van der Waals surface area contributed by atoms with Gasteiger partial charge in [0.1, 0.15) is 5.82 Å². The molecular formula is C15H12F4. The van der Waals surface area contributed by atoms with Gasteiger partial charge in [-0.25, -0.2) is 4.39 Å². The molecule has 0 nitrogen and oxygen atoms in total. The third-order valence-corrected chi connectivity index (χ3v) is 2.94. The molecule has 2 rings (SSSR count). The molecule has 2 aromatic carbocycles. The number of halogens is 4. The van der Waals surface area contributed by atoms with E-state index < -0.39 is 17.6 Å². The van der Waals surface area contributed by atoms with Crippen molar-refractivity contribution < 1.29 is 17.6 Å². The van der Waals surface area contributed by atoms with E-state index in [2.05, 4.69) is 0 Å². The first-order valence-corrected chi connectivity index (χ1v) is 5.88. The van der Waals surface area contributed by atoms with Crippen LogP contribution in [0.3, 0.4) is 0 Å². The quantitative estimate of drug-likeness (QED) is 0.667. The van der Waals surface area contributed by atoms with Gasteiger partial charge in [-0.15, -0.1) is 0 Å². The first-order chi connectivity index (χ1) is 8.91. The van der Waals surface area contributed by atoms with Crippen molar-refractivity contribution in [3.05, 3.63) is 59.4 Å². The second kappa shape index (κ2) is 5.03. The van der Waals surface area contributed by atoms with E-state index in [1.807, 2.05) is 25.1 Å². The van der Waals surface area contributed by atoms with Crippen molar-refractivity contribution >= 4 is 0 Å². The molecule has 19 heavy (non-hydrogen) atoms. The van der Waals surface area contributed by atoms with Gasteiger partial charge in [0, 0.05) is 0 Å². The summed E-state index contributed by atoms with van der Waals surface area (Å²) in [7, 11) is 0. The Balaban J connectivity index is 2.44. The Morgan fingerprint density at radius 1 is 0.947 bits per heavy atom. The van der Waals surface area contributed by atoms with E-state index in [1.54, 1.807) is 6.07 Å². The van der Waals surface area contributed by atoms with E-state index >= 15 is 0 Å². The van der Waals surface area contributed by atoms with Crippen LogP contribution in [0.5, 0.6) is 0 Å². The average molecular weight is 268 g/mol. The molecule has 0 aliphatic carbocycles. The maximum atomic E-state index is 13.5. The molecule has 0 atom stereocenters. The van der Waals surface area contributed by atoms with Crippen LogP contribution in [0.4, 0.5) is 17.6 Å². The van der Waals surface area contributed by atoms with Crippen molar-refractivity contribution in [2.45, 2.75) is 19.5 Å². The van der Waals surface area contributed by atoms with E-state index in [9.17, 15) is 17.6 Å². The average Bonchev–Trinajstić information content (AvgIpc) is 2.37. The maximum absolute atomic E-state index is 13.5. The SMILES string of the molecule is CCc1cccc(-c2ccc(C(F)(F)F)c(F)c2)c1. The Bertz CT molecular complexity index is 585. The molecule has 0 bridgehead atoms. The Kier molecular flexibility index (Phi) is 3.60. The van der Waals surface area contributed by atoms with Crippen LogP contribution >= 0.6 is 0 Å². The largest absolute Gasteiger partial charge is 0.419 e. The second-order valence-electron chi connectivity index (χ2n) is 4.25. The van der Waals surface area contributed by atoms with Gasteiger partial charge in [-0.3, -0.25) is 0 Å². The van der Waals surface area contributed by atoms with Crippen LogP contribution in [-0.4, -0.2) is 0 Å². The van der Waals surface area contributed by atoms with Gasteiger partial charge < -0.3 is 0 Å². The standard InChI is InChI=1S/C15H12F4/c1-2-10-4-3-5-11(8-10)12-6-7-13(14(16)9-12)15(17,18)19/h3-9H,2H2,1H3. The topological polar surface area (TPSA) is 0 Å². The fourth-order valence-corrected chi connectivity index (χ4v) is 1.90. The zero-order valence-corrected chi connectivity index (χ0v) is 10.3. The minimum absolute atomic E-state index is 0.445. The molecule has 0 amide bonds. The molecule has 0 aliphatic rings. The van der Waals surface area contributed by atoms with Gasteiger partial charge in [0.05, 0.1) is 5.56 Å². The van der Waals surface area contributed by atoms with E-state index in [0.717, 1.165) is 24.1 Å². The lowest BCUT2D eigenvalue weighted by molar-refractivity contribution is -0.139. The van der Waals surface area contributed by atoms with Gasteiger partial charge in [-0.1, -0.05) is 37.3 Å². The highest BCUT2D eigenvalue weighted by atomic mass is 19.4. The normalized spacial score (nSPS) is 11.6. The van der Waals surface area contributed by atoms with E-state index in [4.69, 9.17) is 0 Å². The van der Waals surface area contributed by atoms with Crippen molar-refractivity contribution in [2.24, 2.45) is 0 Å². The van der Waals surface area contributed by atoms with Gasteiger partial charge in [-0.05, 0) is 35.2 Å². The third-order valence-electron chi connectivity index (χ3n) is 2.94. The summed E-state index contributed by atoms with van der Waals surface area (Å²) < 4.78 is 50.9. The Hall–Kier alpha value is -1.84. The first-order valence-electron chi connectivity index (χ1n) is 5.88. The summed E-state index contributed by atoms with van der Waals surface area (Å²) in [4.78, 5) is 0. The van der Waals surface area contributed by atoms with Gasteiger partial charge >= 0.3 is 6.18 Å². The van der Waals surface area contributed by atoms with Crippen LogP contribution in [0.15, 0.2) is 42.5 Å². The number of rotatable bonds is 2. The van der Waals surface area contributed by atoms with E-state index in [-0.39, 0.29) is 0 Å². The van der Waals surface area contributed by atoms with Crippen LogP contribution in [0.25, 0.3) is 11.1 Å². The molecule has 0 unspecified atom stereocenters. The van der Waals surface area contributed by atoms with Crippen molar-refractivity contribution in [3.63, 3.8) is 0 Å². The number of hydrogen-bond acceptors (Lipinski definition) is 0. The molecule has 2 aromatic rings. The molecule has 0 saturated heterocycles. The van der Waals surface area contributed by atoms with Gasteiger partial charge in [-0.2, -0.15) is 13.2 Å². The van der Waals surface area contributed by atoms with Crippen molar-refractivity contribution in [1.82, 2.24) is 0 Å². The van der Waals surface area contributed by atoms with Crippen LogP contribution in [0.2, 0.25) is 0 Å². The van der Waals surface area contributed by atoms with E-state index in [0.29, 0.717) is 11.1 Å². The highest BCUT2D eigenvalue weighted by Crippen LogP contribution is 2.33. The van der Waals surface area contributed by atoms with Crippen molar-refractivity contribution in [2.75, 3.05) is 0 Å². The smallest absolute Gasteiger partial charge is 0.206 e. The highest BCUT2D eigenvalue weighted by molar-refractivity contribution is 5.64. The van der Waals surface area contributed by atoms with Crippen LogP contribution in [0, 0.1) is 5.82 Å². The summed E-state index contributed by atoms with van der Waals surface area (Å²) in [6.07, 6.45) is -3.84. The molecule has 0 radical (unpaired) electrons. The second-order valence-corrected chi connectivity index (χ2v) is 4.25. The minimum atomic E-state index is -4.66. The molecule has 100 valence electrons. The molecular weight excluding hydrogens is 256 g/mol. The maximum Gasteiger partial charge on any atom is 0.419 e. The number of hydrogen-bond donors (Lipinski definition) is 0. The Labute approximate surface area is 108 Å². The van der Waals surface area contributed by atoms with Crippen molar-refractivity contribution in [3.8, 4) is 11.1 Å². The van der Waals surface area contributed by atoms with Gasteiger partial charge in [0.15, 0.2) is 0 Å². The van der Waals surface area contributed by atoms with Gasteiger partial charge in [0.2, 0.25) is 0 Å². The predicted octanol–water partition coefficient (Wildman–Crippen LogP) is 5.07. The Morgan fingerprint density at radius 3 is 2.21 bits per heavy atom. The fourth-order valence-electron chi connectivity index (χ4n) is 1.90. The minimum Gasteiger partial charge on any atom is -0.206 e. The first kappa shape index (κ1) is 13.6. The summed E-state index contributed by atoms with van der Waals surface area (Å²) in [6, 6.07) is 10.3. The highest BCUT2D eigenvalue weighted by Gasteiger charge is 2.33. The molecule has 0 N–H and O–H groups in total. The van der Waals surface area contributed by atoms with E-state index in [1.165, 1.54) is 6.07 Å². The molecule has 0 aliphatic heterocycles. The lowest BCUT2D eigenvalue weighted by atomic mass is 10.0. The zero-order chi connectivity index (χ0) is 14.0. The third kappa shape index (κ3) is 2.95. The van der Waals surface area contributed by atoms with Gasteiger partial charge in [0.25, 0.3) is 0 Å². The lowest BCUT2D eigenvalue weighted by Gasteiger charge is -2.10. The number of alkyl halides is 3. The van der Waals surface area contributed by atoms with Crippen LogP contribution in [0.1, 0.15) is 18.1 Å². The molecule has 0 fully saturated rings. The number of aryl methyl sites for hydroxylation is 1. The summed E-state index contributed by atoms with van der Waals surface area (Å²) in [5.74, 6) is -1.24. The van der Waals surface area contributed by atoms with Crippen molar-refractivity contribution in [1.29, 1.82) is 0 Å². The molecule has 0 spiro atoms. The summed E-state index contributed by atoms with van der Waals surface area (Å²) in [5, 5.41) is 0. The Morgan fingerprint density at radius 2 is 1.63 bits per heavy atom. The summed E-state index contributed by atoms with van der Waals surface area (Å²) in [5.41, 5.74) is 0.980. The lowest BCUT2D eigenvalue weighted by Crippen LogP contribution is -2.07. The zero-order valence-electron chi connectivity index (χ0n) is 10.3. The fraction of sp³-hybridized carbons (Fsp3) is 0.200. The predicted molar refractivity (Wildman–Crippen MR) is 66.2 cm³/mol. The summed E-state index contributed by atoms with van der Waals surface area (Å²) >= 11 is 0. The van der Waals surface area contributed by atoms with Crippen LogP contribution < -0.4 is 0 Å². The molecule has 0 heterocycles. The molecule has 4 heteroatoms. The molecule has 0 saturated carbocycles. The summed E-state index contributed by atoms with van der Waals surface area (Å²) in [6.45, 7) is 1.98. The van der Waals surface area contributed by atoms with Crippen LogP contribution in [-0.2, 0) is 12.6 Å². The number of benzene rings is 2. The molecule has 0 aromatic heterocycles.